The van der Waals surface area contributed by atoms with E-state index in [1.54, 1.807) is 0 Å². The first-order valence-corrected chi connectivity index (χ1v) is 7.33. The van der Waals surface area contributed by atoms with Crippen molar-refractivity contribution in [1.82, 2.24) is 15.0 Å². The van der Waals surface area contributed by atoms with Gasteiger partial charge in [0.1, 0.15) is 0 Å². The van der Waals surface area contributed by atoms with Gasteiger partial charge in [-0.15, -0.1) is 0 Å². The SMILES string of the molecule is N#CCN1CCC[C@@H](c2nc(-c3ccc(Cl)cc3)no2)C1. The zero-order valence-corrected chi connectivity index (χ0v) is 12.3. The summed E-state index contributed by atoms with van der Waals surface area (Å²) in [6.45, 7) is 2.22. The Morgan fingerprint density at radius 2 is 2.19 bits per heavy atom. The minimum absolute atomic E-state index is 0.209. The lowest BCUT2D eigenvalue weighted by atomic mass is 9.98. The Morgan fingerprint density at radius 3 is 2.95 bits per heavy atom. The molecule has 1 saturated heterocycles. The van der Waals surface area contributed by atoms with Crippen molar-refractivity contribution in [3.8, 4) is 17.5 Å². The van der Waals surface area contributed by atoms with Gasteiger partial charge in [-0.25, -0.2) is 0 Å². The molecule has 108 valence electrons. The Kier molecular flexibility index (Phi) is 4.18. The lowest BCUT2D eigenvalue weighted by molar-refractivity contribution is 0.204. The molecule has 0 radical (unpaired) electrons. The quantitative estimate of drug-likeness (QED) is 0.815. The molecule has 5 nitrogen and oxygen atoms in total. The van der Waals surface area contributed by atoms with Crippen LogP contribution in [0.2, 0.25) is 5.02 Å². The van der Waals surface area contributed by atoms with Gasteiger partial charge in [0.05, 0.1) is 18.5 Å². The summed E-state index contributed by atoms with van der Waals surface area (Å²) in [5.41, 5.74) is 0.888. The number of hydrogen-bond acceptors (Lipinski definition) is 5. The van der Waals surface area contributed by atoms with E-state index in [4.69, 9.17) is 21.4 Å². The Bertz CT molecular complexity index is 646. The summed E-state index contributed by atoms with van der Waals surface area (Å²) in [6.07, 6.45) is 2.06. The third-order valence-electron chi connectivity index (χ3n) is 3.69. The fourth-order valence-electron chi connectivity index (χ4n) is 2.62. The van der Waals surface area contributed by atoms with E-state index >= 15 is 0 Å². The molecular formula is C15H15ClN4O. The number of halogens is 1. The normalized spacial score (nSPS) is 19.3. The highest BCUT2D eigenvalue weighted by Gasteiger charge is 2.25. The first-order valence-electron chi connectivity index (χ1n) is 6.95. The maximum atomic E-state index is 8.80. The van der Waals surface area contributed by atoms with Crippen LogP contribution in [0.25, 0.3) is 11.4 Å². The van der Waals surface area contributed by atoms with Crippen LogP contribution >= 0.6 is 11.6 Å². The van der Waals surface area contributed by atoms with Crippen LogP contribution < -0.4 is 0 Å². The molecule has 6 heteroatoms. The molecule has 1 atom stereocenters. The second-order valence-corrected chi connectivity index (χ2v) is 5.63. The van der Waals surface area contributed by atoms with Crippen LogP contribution in [0.4, 0.5) is 0 Å². The summed E-state index contributed by atoms with van der Waals surface area (Å²) in [6, 6.07) is 9.56. The maximum Gasteiger partial charge on any atom is 0.231 e. The van der Waals surface area contributed by atoms with Crippen molar-refractivity contribution in [2.75, 3.05) is 19.6 Å². The van der Waals surface area contributed by atoms with Gasteiger partial charge < -0.3 is 4.52 Å². The van der Waals surface area contributed by atoms with E-state index in [2.05, 4.69) is 21.1 Å². The van der Waals surface area contributed by atoms with Crippen LogP contribution in [0.1, 0.15) is 24.7 Å². The van der Waals surface area contributed by atoms with E-state index in [9.17, 15) is 0 Å². The van der Waals surface area contributed by atoms with Crippen molar-refractivity contribution in [1.29, 1.82) is 5.26 Å². The summed E-state index contributed by atoms with van der Waals surface area (Å²) >= 11 is 5.88. The van der Waals surface area contributed by atoms with Crippen molar-refractivity contribution < 1.29 is 4.52 Å². The molecular weight excluding hydrogens is 288 g/mol. The summed E-state index contributed by atoms with van der Waals surface area (Å²) in [7, 11) is 0. The van der Waals surface area contributed by atoms with E-state index in [1.165, 1.54) is 0 Å². The van der Waals surface area contributed by atoms with Crippen molar-refractivity contribution in [2.45, 2.75) is 18.8 Å². The molecule has 1 aliphatic rings. The van der Waals surface area contributed by atoms with Gasteiger partial charge in [0, 0.05) is 17.1 Å². The molecule has 0 N–H and O–H groups in total. The molecule has 2 heterocycles. The third-order valence-corrected chi connectivity index (χ3v) is 3.95. The maximum absolute atomic E-state index is 8.80. The molecule has 0 spiro atoms. The van der Waals surface area contributed by atoms with E-state index < -0.39 is 0 Å². The first-order chi connectivity index (χ1) is 10.3. The number of hydrogen-bond donors (Lipinski definition) is 0. The molecule has 0 saturated carbocycles. The number of nitrogens with zero attached hydrogens (tertiary/aromatic N) is 4. The van der Waals surface area contributed by atoms with Gasteiger partial charge in [0.25, 0.3) is 0 Å². The topological polar surface area (TPSA) is 66.0 Å². The second kappa shape index (κ2) is 6.25. The smallest absolute Gasteiger partial charge is 0.231 e. The standard InChI is InChI=1S/C15H15ClN4O/c16-13-5-3-11(4-6-13)14-18-15(21-19-14)12-2-1-8-20(10-12)9-7-17/h3-6,12H,1-2,8-10H2/t12-/m1/s1. The van der Waals surface area contributed by atoms with Crippen LogP contribution in [-0.4, -0.2) is 34.7 Å². The predicted molar refractivity (Wildman–Crippen MR) is 78.8 cm³/mol. The zero-order valence-electron chi connectivity index (χ0n) is 11.5. The van der Waals surface area contributed by atoms with Gasteiger partial charge in [-0.05, 0) is 43.7 Å². The van der Waals surface area contributed by atoms with Crippen LogP contribution in [0, 0.1) is 11.3 Å². The van der Waals surface area contributed by atoms with Gasteiger partial charge >= 0.3 is 0 Å². The molecule has 1 aliphatic heterocycles. The summed E-state index contributed by atoms with van der Waals surface area (Å²) < 4.78 is 5.41. The highest BCUT2D eigenvalue weighted by molar-refractivity contribution is 6.30. The lowest BCUT2D eigenvalue weighted by Crippen LogP contribution is -2.34. The van der Waals surface area contributed by atoms with Crippen LogP contribution in [0.3, 0.4) is 0 Å². The second-order valence-electron chi connectivity index (χ2n) is 5.20. The number of benzene rings is 1. The van der Waals surface area contributed by atoms with Gasteiger partial charge in [0.2, 0.25) is 11.7 Å². The average Bonchev–Trinajstić information content (AvgIpc) is 2.98. The lowest BCUT2D eigenvalue weighted by Gasteiger charge is -2.28. The zero-order chi connectivity index (χ0) is 14.7. The van der Waals surface area contributed by atoms with Crippen molar-refractivity contribution in [3.63, 3.8) is 0 Å². The predicted octanol–water partition coefficient (Wildman–Crippen LogP) is 3.09. The van der Waals surface area contributed by atoms with E-state index in [-0.39, 0.29) is 5.92 Å². The average molecular weight is 303 g/mol. The van der Waals surface area contributed by atoms with Crippen molar-refractivity contribution in [3.05, 3.63) is 35.2 Å². The van der Waals surface area contributed by atoms with Crippen LogP contribution in [0.5, 0.6) is 0 Å². The molecule has 21 heavy (non-hydrogen) atoms. The molecule has 0 unspecified atom stereocenters. The molecule has 0 amide bonds. The van der Waals surface area contributed by atoms with Gasteiger partial charge in [-0.1, -0.05) is 16.8 Å². The monoisotopic (exact) mass is 302 g/mol. The van der Waals surface area contributed by atoms with Gasteiger partial charge in [-0.2, -0.15) is 10.2 Å². The molecule has 0 aliphatic carbocycles. The Balaban J connectivity index is 1.75. The van der Waals surface area contributed by atoms with Crippen LogP contribution in [-0.2, 0) is 0 Å². The summed E-state index contributed by atoms with van der Waals surface area (Å²) in [4.78, 5) is 6.62. The van der Waals surface area contributed by atoms with E-state index in [0.29, 0.717) is 23.3 Å². The molecule has 1 aromatic carbocycles. The first kappa shape index (κ1) is 14.1. The molecule has 1 fully saturated rings. The minimum Gasteiger partial charge on any atom is -0.339 e. The van der Waals surface area contributed by atoms with E-state index in [0.717, 1.165) is 31.5 Å². The number of likely N-dealkylation sites (tertiary alicyclic amines) is 1. The van der Waals surface area contributed by atoms with Crippen molar-refractivity contribution >= 4 is 11.6 Å². The minimum atomic E-state index is 0.209. The van der Waals surface area contributed by atoms with Crippen molar-refractivity contribution in [2.24, 2.45) is 0 Å². The van der Waals surface area contributed by atoms with Crippen LogP contribution in [0.15, 0.2) is 28.8 Å². The number of piperidine rings is 1. The highest BCUT2D eigenvalue weighted by Crippen LogP contribution is 2.27. The van der Waals surface area contributed by atoms with Gasteiger partial charge in [0.15, 0.2) is 0 Å². The third kappa shape index (κ3) is 3.23. The largest absolute Gasteiger partial charge is 0.339 e. The Hall–Kier alpha value is -1.90. The number of aromatic nitrogens is 2. The highest BCUT2D eigenvalue weighted by atomic mass is 35.5. The van der Waals surface area contributed by atoms with Gasteiger partial charge in [-0.3, -0.25) is 4.90 Å². The fraction of sp³-hybridized carbons (Fsp3) is 0.400. The molecule has 1 aromatic heterocycles. The fourth-order valence-corrected chi connectivity index (χ4v) is 2.74. The molecule has 2 aromatic rings. The number of rotatable bonds is 3. The summed E-state index contributed by atoms with van der Waals surface area (Å²) in [5, 5.41) is 13.5. The summed E-state index contributed by atoms with van der Waals surface area (Å²) in [5.74, 6) is 1.45. The molecule has 0 bridgehead atoms. The number of nitriles is 1. The Morgan fingerprint density at radius 1 is 1.38 bits per heavy atom. The molecule has 3 rings (SSSR count). The van der Waals surface area contributed by atoms with E-state index in [1.807, 2.05) is 24.3 Å². The Labute approximate surface area is 128 Å².